The largest absolute Gasteiger partial charge is 0.465 e. The zero-order valence-corrected chi connectivity index (χ0v) is 21.4. The summed E-state index contributed by atoms with van der Waals surface area (Å²) < 4.78 is 12.2. The minimum Gasteiger partial charge on any atom is -0.465 e. The van der Waals surface area contributed by atoms with Gasteiger partial charge in [-0.3, -0.25) is 14.6 Å². The Morgan fingerprint density at radius 3 is 1.57 bits per heavy atom. The first kappa shape index (κ1) is 28.9. The molecule has 0 spiro atoms. The fourth-order valence-corrected chi connectivity index (χ4v) is 5.13. The molecule has 0 saturated heterocycles. The minimum absolute atomic E-state index is 0.176. The number of H-pyrrole nitrogens is 1. The maximum Gasteiger partial charge on any atom is 0.336 e. The second kappa shape index (κ2) is 14.3. The highest BCUT2D eigenvalue weighted by Gasteiger charge is 2.23. The molecule has 1 aromatic rings. The lowest BCUT2D eigenvalue weighted by Crippen LogP contribution is -2.49. The highest BCUT2D eigenvalue weighted by molar-refractivity contribution is 5.69. The molecule has 2 aliphatic carbocycles. The maximum absolute atomic E-state index is 12.7. The predicted molar refractivity (Wildman–Crippen MR) is 134 cm³/mol. The number of hydrogen-bond acceptors (Lipinski definition) is 8. The Kier molecular flexibility index (Phi) is 11.2. The Morgan fingerprint density at radius 1 is 0.757 bits per heavy atom. The second-order valence-electron chi connectivity index (χ2n) is 10.4. The van der Waals surface area contributed by atoms with Crippen molar-refractivity contribution in [3.63, 3.8) is 0 Å². The zero-order chi connectivity index (χ0) is 26.8. The van der Waals surface area contributed by atoms with E-state index in [0.717, 1.165) is 60.5 Å². The van der Waals surface area contributed by atoms with E-state index in [1.807, 2.05) is 0 Å². The van der Waals surface area contributed by atoms with Crippen LogP contribution in [0.3, 0.4) is 0 Å². The van der Waals surface area contributed by atoms with E-state index >= 15 is 0 Å². The quantitative estimate of drug-likeness (QED) is 0.391. The average Bonchev–Trinajstić information content (AvgIpc) is 2.90. The van der Waals surface area contributed by atoms with Gasteiger partial charge in [0.1, 0.15) is 0 Å². The number of ether oxygens (including phenoxy) is 2. The van der Waals surface area contributed by atoms with Crippen molar-refractivity contribution in [3.8, 4) is 0 Å². The van der Waals surface area contributed by atoms with Crippen LogP contribution in [0.5, 0.6) is 0 Å². The van der Waals surface area contributed by atoms with Gasteiger partial charge in [-0.05, 0) is 75.5 Å². The fourth-order valence-electron chi connectivity index (χ4n) is 5.13. The van der Waals surface area contributed by atoms with Crippen molar-refractivity contribution in [2.75, 3.05) is 19.8 Å². The van der Waals surface area contributed by atoms with Crippen molar-refractivity contribution in [3.05, 3.63) is 38.4 Å². The Labute approximate surface area is 216 Å². The molecule has 0 aliphatic heterocycles. The third-order valence-electron chi connectivity index (χ3n) is 7.73. The molecule has 2 fully saturated rings. The molecule has 1 aromatic heterocycles. The van der Waals surface area contributed by atoms with Crippen molar-refractivity contribution in [1.29, 1.82) is 0 Å². The molecule has 11 heteroatoms. The molecular formula is C26H39N3O8. The van der Waals surface area contributed by atoms with Crippen LogP contribution in [0.1, 0.15) is 70.6 Å². The topological polar surface area (TPSA) is 150 Å². The van der Waals surface area contributed by atoms with Gasteiger partial charge in [0.2, 0.25) is 0 Å². The number of nitrogens with one attached hydrogen (secondary N) is 1. The molecule has 0 aromatic carbocycles. The molecule has 0 bridgehead atoms. The summed E-state index contributed by atoms with van der Waals surface area (Å²) in [5.41, 5.74) is -2.73. The van der Waals surface area contributed by atoms with Gasteiger partial charge in [0.05, 0.1) is 26.1 Å². The van der Waals surface area contributed by atoms with Crippen LogP contribution in [0, 0.1) is 30.6 Å². The number of rotatable bonds is 12. The molecule has 37 heavy (non-hydrogen) atoms. The molecule has 0 amide bonds. The van der Waals surface area contributed by atoms with Crippen LogP contribution < -0.4 is 17.1 Å². The van der Waals surface area contributed by atoms with E-state index < -0.39 is 29.0 Å². The number of aliphatic hydroxyl groups is 1. The van der Waals surface area contributed by atoms with E-state index in [-0.39, 0.29) is 51.0 Å². The van der Waals surface area contributed by atoms with E-state index in [4.69, 9.17) is 16.4 Å². The van der Waals surface area contributed by atoms with Gasteiger partial charge in [0.25, 0.3) is 0 Å². The van der Waals surface area contributed by atoms with Gasteiger partial charge < -0.3 is 14.6 Å². The molecule has 206 valence electrons. The van der Waals surface area contributed by atoms with Gasteiger partial charge in [-0.15, -0.1) is 0 Å². The maximum atomic E-state index is 12.7. The summed E-state index contributed by atoms with van der Waals surface area (Å²) in [4.78, 5) is 63.5. The smallest absolute Gasteiger partial charge is 0.336 e. The van der Waals surface area contributed by atoms with Crippen LogP contribution in [0.2, 0.25) is 0 Å². The molecule has 2 saturated carbocycles. The number of aliphatic hydroxyl groups excluding tert-OH is 1. The molecule has 1 heterocycles. The minimum atomic E-state index is -0.919. The molecule has 3 rings (SSSR count). The predicted octanol–water partition coefficient (Wildman–Crippen LogP) is 1.27. The number of hydrogen-bond donors (Lipinski definition) is 2. The van der Waals surface area contributed by atoms with Crippen molar-refractivity contribution in [2.45, 2.75) is 83.7 Å². The van der Waals surface area contributed by atoms with Gasteiger partial charge in [-0.1, -0.05) is 12.8 Å². The summed E-state index contributed by atoms with van der Waals surface area (Å²) in [7, 11) is 0. The van der Waals surface area contributed by atoms with E-state index in [1.165, 1.54) is 0 Å². The van der Waals surface area contributed by atoms with E-state index in [1.54, 1.807) is 0 Å². The van der Waals surface area contributed by atoms with Crippen molar-refractivity contribution in [1.82, 2.24) is 14.1 Å². The first-order valence-corrected chi connectivity index (χ1v) is 13.4. The molecule has 2 N–H and O–H groups in total. The van der Waals surface area contributed by atoms with Crippen molar-refractivity contribution < 1.29 is 24.2 Å². The number of nitrogens with zero attached hydrogens (tertiary/aromatic N) is 2. The lowest BCUT2D eigenvalue weighted by molar-refractivity contribution is -0.146. The Bertz CT molecular complexity index is 980. The van der Waals surface area contributed by atoms with Crippen LogP contribution in [-0.2, 0) is 32.2 Å². The van der Waals surface area contributed by atoms with Crippen LogP contribution in [0.25, 0.3) is 0 Å². The Hall–Kier alpha value is -2.69. The summed E-state index contributed by atoms with van der Waals surface area (Å²) in [6, 6.07) is 0. The van der Waals surface area contributed by atoms with Crippen LogP contribution in [-0.4, -0.2) is 51.0 Å². The number of aromatic amines is 1. The summed E-state index contributed by atoms with van der Waals surface area (Å²) in [6.07, 6.45) is 7.75. The van der Waals surface area contributed by atoms with Gasteiger partial charge >= 0.3 is 29.0 Å². The van der Waals surface area contributed by atoms with E-state index in [9.17, 15) is 29.1 Å². The van der Waals surface area contributed by atoms with Crippen LogP contribution >= 0.6 is 0 Å². The molecule has 2 radical (unpaired) electrons. The van der Waals surface area contributed by atoms with E-state index in [2.05, 4.69) is 4.98 Å². The fraction of sp³-hybridized carbons (Fsp3) is 0.769. The first-order chi connectivity index (χ1) is 17.8. The van der Waals surface area contributed by atoms with E-state index in [0.29, 0.717) is 24.9 Å². The summed E-state index contributed by atoms with van der Waals surface area (Å²) in [5.74, 6) is 0.291. The van der Waals surface area contributed by atoms with Gasteiger partial charge in [0, 0.05) is 19.7 Å². The number of aromatic nitrogens is 3. The van der Waals surface area contributed by atoms with Crippen LogP contribution in [0.4, 0.5) is 0 Å². The average molecular weight is 522 g/mol. The molecule has 11 nitrogen and oxygen atoms in total. The Balaban J connectivity index is 1.45. The lowest BCUT2D eigenvalue weighted by atomic mass is 9.81. The summed E-state index contributed by atoms with van der Waals surface area (Å²) in [6.45, 7) is 5.95. The number of esters is 2. The second-order valence-corrected chi connectivity index (χ2v) is 10.4. The summed E-state index contributed by atoms with van der Waals surface area (Å²) in [5, 5.41) is 9.21. The zero-order valence-electron chi connectivity index (χ0n) is 21.4. The lowest BCUT2D eigenvalue weighted by Gasteiger charge is -2.27. The van der Waals surface area contributed by atoms with Crippen LogP contribution in [0.15, 0.2) is 14.4 Å². The highest BCUT2D eigenvalue weighted by Crippen LogP contribution is 2.30. The normalized spacial score (nSPS) is 23.9. The first-order valence-electron chi connectivity index (χ1n) is 13.4. The summed E-state index contributed by atoms with van der Waals surface area (Å²) >= 11 is 0. The SMILES string of the molecule is [CH]CC1CCC(COC(=O)CCn2c(=O)[nH]c(=O)n(CCC(=O)OCC3CCC(CO)CC3)c2=O)CC1. The van der Waals surface area contributed by atoms with Crippen molar-refractivity contribution in [2.24, 2.45) is 23.7 Å². The molecule has 0 unspecified atom stereocenters. The number of carbonyl (C=O) groups excluding carboxylic acids is 2. The molecule has 2 aliphatic rings. The molecule has 0 atom stereocenters. The number of carbonyl (C=O) groups is 2. The molecular weight excluding hydrogens is 482 g/mol. The van der Waals surface area contributed by atoms with Gasteiger partial charge in [-0.25, -0.2) is 23.5 Å². The standard InChI is InChI=1S/C26H39N3O8/c1-2-18-3-7-20(8-4-18)16-36-22(31)11-13-28-24(33)27-25(34)29(26(28)35)14-12-23(32)37-17-21-9-5-19(15-30)6-10-21/h1,18-21,30H,2-17H2,(H,27,33,34). The van der Waals surface area contributed by atoms with Crippen molar-refractivity contribution >= 4 is 11.9 Å². The monoisotopic (exact) mass is 521 g/mol. The third-order valence-corrected chi connectivity index (χ3v) is 7.73. The van der Waals surface area contributed by atoms with Gasteiger partial charge in [0.15, 0.2) is 0 Å². The highest BCUT2D eigenvalue weighted by atomic mass is 16.5. The van der Waals surface area contributed by atoms with Gasteiger partial charge in [-0.2, -0.15) is 0 Å². The third kappa shape index (κ3) is 8.69. The Morgan fingerprint density at radius 2 is 1.16 bits per heavy atom.